The summed E-state index contributed by atoms with van der Waals surface area (Å²) < 4.78 is 13.7. The molecule has 1 aromatic carbocycles. The monoisotopic (exact) mass is 382 g/mol. The van der Waals surface area contributed by atoms with Gasteiger partial charge in [-0.2, -0.15) is 5.10 Å². The van der Waals surface area contributed by atoms with Gasteiger partial charge in [0, 0.05) is 29.7 Å². The minimum atomic E-state index is -0.299. The van der Waals surface area contributed by atoms with Crippen molar-refractivity contribution in [2.75, 3.05) is 0 Å². The number of pyridine rings is 2. The summed E-state index contributed by atoms with van der Waals surface area (Å²) in [6.07, 6.45) is 12.6. The standard InChI is InChI=1S/C22H15FN6/c23-17-5-1-4-15(9-17)18-12-25-13-19-21(18)28-22(27-19)20-16(11-26-29-20)7-6-14-3-2-8-24-10-14/h1-13H,(H,26,29)(H,27,28). The maximum absolute atomic E-state index is 13.7. The number of benzene rings is 1. The Kier molecular flexibility index (Phi) is 4.18. The number of aromatic amines is 2. The molecule has 6 nitrogen and oxygen atoms in total. The smallest absolute Gasteiger partial charge is 0.157 e. The van der Waals surface area contributed by atoms with E-state index >= 15 is 0 Å². The Morgan fingerprint density at radius 3 is 2.76 bits per heavy atom. The fourth-order valence-corrected chi connectivity index (χ4v) is 3.19. The molecule has 140 valence electrons. The van der Waals surface area contributed by atoms with Crippen LogP contribution in [0.25, 0.3) is 45.8 Å². The van der Waals surface area contributed by atoms with Crippen LogP contribution in [0.2, 0.25) is 0 Å². The van der Waals surface area contributed by atoms with Gasteiger partial charge in [-0.15, -0.1) is 0 Å². The molecule has 0 fully saturated rings. The molecular formula is C22H15FN6. The Balaban J connectivity index is 1.57. The third kappa shape index (κ3) is 3.29. The van der Waals surface area contributed by atoms with E-state index in [-0.39, 0.29) is 5.82 Å². The predicted octanol–water partition coefficient (Wildman–Crippen LogP) is 4.72. The summed E-state index contributed by atoms with van der Waals surface area (Å²) >= 11 is 0. The van der Waals surface area contributed by atoms with Crippen molar-refractivity contribution in [3.8, 4) is 22.6 Å². The lowest BCUT2D eigenvalue weighted by Crippen LogP contribution is -1.85. The molecule has 0 bridgehead atoms. The van der Waals surface area contributed by atoms with Crippen molar-refractivity contribution >= 4 is 23.2 Å². The van der Waals surface area contributed by atoms with Crippen molar-refractivity contribution < 1.29 is 4.39 Å². The van der Waals surface area contributed by atoms with E-state index < -0.39 is 0 Å². The summed E-state index contributed by atoms with van der Waals surface area (Å²) in [7, 11) is 0. The molecule has 0 atom stereocenters. The molecule has 5 aromatic rings. The van der Waals surface area contributed by atoms with Crippen molar-refractivity contribution in [3.05, 3.63) is 84.3 Å². The van der Waals surface area contributed by atoms with Crippen LogP contribution in [0.1, 0.15) is 11.1 Å². The van der Waals surface area contributed by atoms with E-state index in [0.29, 0.717) is 5.82 Å². The Morgan fingerprint density at radius 2 is 1.90 bits per heavy atom. The van der Waals surface area contributed by atoms with Crippen LogP contribution in [0.3, 0.4) is 0 Å². The van der Waals surface area contributed by atoms with Gasteiger partial charge in [0.25, 0.3) is 0 Å². The van der Waals surface area contributed by atoms with Crippen LogP contribution in [0.15, 0.2) is 67.4 Å². The molecule has 0 aliphatic carbocycles. The lowest BCUT2D eigenvalue weighted by Gasteiger charge is -2.01. The fourth-order valence-electron chi connectivity index (χ4n) is 3.19. The minimum absolute atomic E-state index is 0.299. The van der Waals surface area contributed by atoms with Gasteiger partial charge < -0.3 is 4.98 Å². The molecule has 4 heterocycles. The normalized spacial score (nSPS) is 11.5. The quantitative estimate of drug-likeness (QED) is 0.471. The first-order chi connectivity index (χ1) is 14.3. The largest absolute Gasteiger partial charge is 0.335 e. The Labute approximate surface area is 165 Å². The zero-order valence-corrected chi connectivity index (χ0v) is 15.2. The van der Waals surface area contributed by atoms with Crippen LogP contribution >= 0.6 is 0 Å². The molecule has 0 unspecified atom stereocenters. The summed E-state index contributed by atoms with van der Waals surface area (Å²) in [5.74, 6) is 0.334. The number of nitrogens with zero attached hydrogens (tertiary/aromatic N) is 4. The topological polar surface area (TPSA) is 83.1 Å². The van der Waals surface area contributed by atoms with E-state index in [1.54, 1.807) is 37.1 Å². The van der Waals surface area contributed by atoms with E-state index in [0.717, 1.165) is 39.0 Å². The van der Waals surface area contributed by atoms with Crippen LogP contribution in [0, 0.1) is 5.82 Å². The van der Waals surface area contributed by atoms with Gasteiger partial charge >= 0.3 is 0 Å². The number of rotatable bonds is 4. The molecule has 29 heavy (non-hydrogen) atoms. The highest BCUT2D eigenvalue weighted by molar-refractivity contribution is 5.93. The molecule has 2 N–H and O–H groups in total. The molecule has 0 radical (unpaired) electrons. The fraction of sp³-hybridized carbons (Fsp3) is 0. The van der Waals surface area contributed by atoms with Crippen molar-refractivity contribution in [2.45, 2.75) is 0 Å². The first kappa shape index (κ1) is 17.0. The van der Waals surface area contributed by atoms with E-state index in [1.807, 2.05) is 30.4 Å². The molecule has 0 saturated carbocycles. The van der Waals surface area contributed by atoms with Crippen LogP contribution in [0.5, 0.6) is 0 Å². The minimum Gasteiger partial charge on any atom is -0.335 e. The number of H-pyrrole nitrogens is 2. The summed E-state index contributed by atoms with van der Waals surface area (Å²) in [6, 6.07) is 10.3. The first-order valence-electron chi connectivity index (χ1n) is 8.99. The van der Waals surface area contributed by atoms with E-state index in [4.69, 9.17) is 4.98 Å². The molecular weight excluding hydrogens is 367 g/mol. The lowest BCUT2D eigenvalue weighted by molar-refractivity contribution is 0.628. The van der Waals surface area contributed by atoms with Gasteiger partial charge in [-0.1, -0.05) is 30.4 Å². The third-order valence-corrected chi connectivity index (χ3v) is 4.58. The van der Waals surface area contributed by atoms with E-state index in [9.17, 15) is 4.39 Å². The zero-order chi connectivity index (χ0) is 19.6. The second-order valence-corrected chi connectivity index (χ2v) is 6.50. The zero-order valence-electron chi connectivity index (χ0n) is 15.2. The second kappa shape index (κ2) is 7.12. The van der Waals surface area contributed by atoms with Gasteiger partial charge in [0.1, 0.15) is 11.5 Å². The molecule has 5 rings (SSSR count). The number of hydrogen-bond acceptors (Lipinski definition) is 4. The number of hydrogen-bond donors (Lipinski definition) is 2. The molecule has 0 aliphatic heterocycles. The highest BCUT2D eigenvalue weighted by Crippen LogP contribution is 2.29. The highest BCUT2D eigenvalue weighted by Gasteiger charge is 2.14. The SMILES string of the molecule is Fc1cccc(-c2cncc3[nH]c(-c4[nH]ncc4C=Cc4cccnc4)nc23)c1. The van der Waals surface area contributed by atoms with Gasteiger partial charge in [0.15, 0.2) is 5.82 Å². The second-order valence-electron chi connectivity index (χ2n) is 6.50. The van der Waals surface area contributed by atoms with Crippen LogP contribution in [-0.4, -0.2) is 30.1 Å². The molecule has 4 aromatic heterocycles. The first-order valence-corrected chi connectivity index (χ1v) is 8.99. The number of halogens is 1. The number of fused-ring (bicyclic) bond motifs is 1. The van der Waals surface area contributed by atoms with Crippen molar-refractivity contribution in [1.82, 2.24) is 30.1 Å². The summed E-state index contributed by atoms with van der Waals surface area (Å²) in [4.78, 5) is 16.4. The molecule has 0 aliphatic rings. The van der Waals surface area contributed by atoms with Gasteiger partial charge in [-0.05, 0) is 29.3 Å². The van der Waals surface area contributed by atoms with E-state index in [1.165, 1.54) is 12.1 Å². The van der Waals surface area contributed by atoms with Gasteiger partial charge in [0.2, 0.25) is 0 Å². The number of imidazole rings is 1. The molecule has 0 saturated heterocycles. The molecule has 0 spiro atoms. The van der Waals surface area contributed by atoms with Crippen LogP contribution in [0.4, 0.5) is 4.39 Å². The van der Waals surface area contributed by atoms with E-state index in [2.05, 4.69) is 25.1 Å². The lowest BCUT2D eigenvalue weighted by atomic mass is 10.1. The Morgan fingerprint density at radius 1 is 0.931 bits per heavy atom. The third-order valence-electron chi connectivity index (χ3n) is 4.58. The van der Waals surface area contributed by atoms with Gasteiger partial charge in [-0.3, -0.25) is 15.1 Å². The maximum atomic E-state index is 13.7. The average molecular weight is 382 g/mol. The Bertz CT molecular complexity index is 1320. The van der Waals surface area contributed by atoms with Gasteiger partial charge in [0.05, 0.1) is 23.4 Å². The van der Waals surface area contributed by atoms with Crippen molar-refractivity contribution in [2.24, 2.45) is 0 Å². The molecule has 0 amide bonds. The average Bonchev–Trinajstić information content (AvgIpc) is 3.39. The predicted molar refractivity (Wildman–Crippen MR) is 110 cm³/mol. The summed E-state index contributed by atoms with van der Waals surface area (Å²) in [6.45, 7) is 0. The van der Waals surface area contributed by atoms with Crippen LogP contribution < -0.4 is 0 Å². The summed E-state index contributed by atoms with van der Waals surface area (Å²) in [5, 5.41) is 7.15. The number of aromatic nitrogens is 6. The maximum Gasteiger partial charge on any atom is 0.157 e. The summed E-state index contributed by atoms with van der Waals surface area (Å²) in [5.41, 5.74) is 5.59. The van der Waals surface area contributed by atoms with Crippen molar-refractivity contribution in [3.63, 3.8) is 0 Å². The van der Waals surface area contributed by atoms with Crippen molar-refractivity contribution in [1.29, 1.82) is 0 Å². The number of nitrogens with one attached hydrogen (secondary N) is 2. The van der Waals surface area contributed by atoms with Crippen LogP contribution in [-0.2, 0) is 0 Å². The Hall–Kier alpha value is -4.13. The van der Waals surface area contributed by atoms with Gasteiger partial charge in [-0.25, -0.2) is 9.37 Å². The molecule has 7 heteroatoms. The highest BCUT2D eigenvalue weighted by atomic mass is 19.1.